The van der Waals surface area contributed by atoms with Gasteiger partial charge in [-0.2, -0.15) is 13.2 Å². The Labute approximate surface area is 190 Å². The number of amides is 1. The van der Waals surface area contributed by atoms with Crippen molar-refractivity contribution in [2.75, 3.05) is 13.7 Å². The number of hydrogen-bond donors (Lipinski definition) is 2. The van der Waals surface area contributed by atoms with Crippen LogP contribution in [0.2, 0.25) is 0 Å². The second kappa shape index (κ2) is 8.39. The fourth-order valence-corrected chi connectivity index (χ4v) is 4.38. The molecule has 1 aromatic carbocycles. The molecule has 3 heterocycles. The number of nitrogens with zero attached hydrogens (tertiary/aromatic N) is 1. The van der Waals surface area contributed by atoms with E-state index in [1.165, 1.54) is 37.6 Å². The monoisotopic (exact) mass is 479 g/mol. The maximum atomic E-state index is 14.0. The van der Waals surface area contributed by atoms with Gasteiger partial charge in [-0.15, -0.1) is 0 Å². The van der Waals surface area contributed by atoms with Gasteiger partial charge in [-0.1, -0.05) is 6.07 Å². The number of halogens is 4. The predicted molar refractivity (Wildman–Crippen MR) is 114 cm³/mol. The van der Waals surface area contributed by atoms with Gasteiger partial charge in [-0.25, -0.2) is 4.39 Å². The first-order valence-corrected chi connectivity index (χ1v) is 10.3. The van der Waals surface area contributed by atoms with Crippen LogP contribution in [0.4, 0.5) is 17.6 Å². The van der Waals surface area contributed by atoms with Crippen molar-refractivity contribution in [2.24, 2.45) is 5.73 Å². The molecule has 0 aliphatic carbocycles. The lowest BCUT2D eigenvalue weighted by atomic mass is 9.74. The summed E-state index contributed by atoms with van der Waals surface area (Å²) >= 11 is 0. The Morgan fingerprint density at radius 2 is 2.00 bits per heavy atom. The van der Waals surface area contributed by atoms with Crippen molar-refractivity contribution >= 4 is 16.8 Å². The molecular formula is C23H21F4N3O4. The number of aromatic nitrogens is 2. The van der Waals surface area contributed by atoms with Crippen LogP contribution < -0.4 is 15.9 Å². The van der Waals surface area contributed by atoms with E-state index < -0.39 is 47.2 Å². The number of benzene rings is 1. The minimum Gasteiger partial charge on any atom is -0.494 e. The van der Waals surface area contributed by atoms with E-state index in [4.69, 9.17) is 15.2 Å². The van der Waals surface area contributed by atoms with E-state index in [0.29, 0.717) is 11.3 Å². The average molecular weight is 479 g/mol. The van der Waals surface area contributed by atoms with Crippen LogP contribution in [0.15, 0.2) is 41.3 Å². The molecule has 0 spiro atoms. The van der Waals surface area contributed by atoms with Crippen LogP contribution in [0, 0.1) is 5.82 Å². The maximum absolute atomic E-state index is 14.0. The molecule has 2 aromatic heterocycles. The van der Waals surface area contributed by atoms with Crippen molar-refractivity contribution in [3.63, 3.8) is 0 Å². The van der Waals surface area contributed by atoms with Crippen molar-refractivity contribution in [3.05, 3.63) is 69.5 Å². The minimum absolute atomic E-state index is 0.0180. The topological polar surface area (TPSA) is 107 Å². The van der Waals surface area contributed by atoms with Gasteiger partial charge >= 0.3 is 6.18 Å². The second-order valence-corrected chi connectivity index (χ2v) is 8.39. The van der Waals surface area contributed by atoms with Gasteiger partial charge in [-0.05, 0) is 43.0 Å². The van der Waals surface area contributed by atoms with Crippen molar-refractivity contribution in [3.8, 4) is 5.75 Å². The smallest absolute Gasteiger partial charge is 0.417 e. The van der Waals surface area contributed by atoms with Crippen molar-refractivity contribution in [2.45, 2.75) is 37.0 Å². The number of ether oxygens (including phenoxy) is 2. The summed E-state index contributed by atoms with van der Waals surface area (Å²) in [7, 11) is 1.26. The van der Waals surface area contributed by atoms with E-state index in [0.717, 1.165) is 13.0 Å². The molecule has 1 saturated heterocycles. The SMILES string of the molecule is COc1cc([C@@H]2C[C@](C)(C(F)(F)F)OC[C@H]2c2cc(=O)c3c(C(N)=O)nccc3[nH]2)ccc1F. The molecule has 4 rings (SSSR count). The molecule has 11 heteroatoms. The van der Waals surface area contributed by atoms with Gasteiger partial charge in [0.15, 0.2) is 22.6 Å². The van der Waals surface area contributed by atoms with Gasteiger partial charge in [0, 0.05) is 23.9 Å². The Hall–Kier alpha value is -3.47. The van der Waals surface area contributed by atoms with Crippen LogP contribution in [0.25, 0.3) is 10.9 Å². The maximum Gasteiger partial charge on any atom is 0.417 e. The number of methoxy groups -OCH3 is 1. The summed E-state index contributed by atoms with van der Waals surface area (Å²) in [5.41, 5.74) is 3.04. The fraction of sp³-hybridized carbons (Fsp3) is 0.348. The summed E-state index contributed by atoms with van der Waals surface area (Å²) in [6.45, 7) is 0.598. The highest BCUT2D eigenvalue weighted by Crippen LogP contribution is 2.50. The summed E-state index contributed by atoms with van der Waals surface area (Å²) in [5.74, 6) is -3.17. The Morgan fingerprint density at radius 3 is 2.65 bits per heavy atom. The molecule has 0 bridgehead atoms. The number of aromatic amines is 1. The number of pyridine rings is 2. The molecule has 0 saturated carbocycles. The third-order valence-corrected chi connectivity index (χ3v) is 6.28. The van der Waals surface area contributed by atoms with Crippen LogP contribution in [-0.4, -0.2) is 41.4 Å². The summed E-state index contributed by atoms with van der Waals surface area (Å²) in [6.07, 6.45) is -3.83. The molecule has 3 atom stereocenters. The fourth-order valence-electron chi connectivity index (χ4n) is 4.38. The molecule has 0 radical (unpaired) electrons. The lowest BCUT2D eigenvalue weighted by Gasteiger charge is -2.43. The van der Waals surface area contributed by atoms with Gasteiger partial charge in [0.05, 0.1) is 24.6 Å². The number of hydrogen-bond acceptors (Lipinski definition) is 5. The number of carbonyl (C=O) groups excluding carboxylic acids is 1. The molecule has 1 aliphatic heterocycles. The van der Waals surface area contributed by atoms with E-state index in [-0.39, 0.29) is 29.0 Å². The third kappa shape index (κ3) is 4.00. The number of nitrogens with one attached hydrogen (secondary N) is 1. The first-order valence-electron chi connectivity index (χ1n) is 10.3. The first-order chi connectivity index (χ1) is 15.9. The van der Waals surface area contributed by atoms with E-state index in [2.05, 4.69) is 9.97 Å². The quantitative estimate of drug-likeness (QED) is 0.554. The van der Waals surface area contributed by atoms with E-state index in [1.54, 1.807) is 0 Å². The van der Waals surface area contributed by atoms with Crippen molar-refractivity contribution in [1.82, 2.24) is 9.97 Å². The zero-order valence-corrected chi connectivity index (χ0v) is 18.2. The van der Waals surface area contributed by atoms with Crippen LogP contribution in [0.1, 0.15) is 46.9 Å². The van der Waals surface area contributed by atoms with E-state index in [1.807, 2.05) is 0 Å². The van der Waals surface area contributed by atoms with Crippen LogP contribution >= 0.6 is 0 Å². The van der Waals surface area contributed by atoms with Crippen LogP contribution in [0.3, 0.4) is 0 Å². The van der Waals surface area contributed by atoms with Crippen LogP contribution in [0.5, 0.6) is 5.75 Å². The molecular weight excluding hydrogens is 458 g/mol. The lowest BCUT2D eigenvalue weighted by molar-refractivity contribution is -0.286. The van der Waals surface area contributed by atoms with Gasteiger partial charge in [0.1, 0.15) is 5.69 Å². The number of carbonyl (C=O) groups is 1. The summed E-state index contributed by atoms with van der Waals surface area (Å²) in [6, 6.07) is 6.54. The molecule has 7 nitrogen and oxygen atoms in total. The molecule has 1 amide bonds. The van der Waals surface area contributed by atoms with Crippen LogP contribution in [-0.2, 0) is 4.74 Å². The lowest BCUT2D eigenvalue weighted by Crippen LogP contribution is -2.50. The molecule has 1 aliphatic rings. The highest BCUT2D eigenvalue weighted by Gasteiger charge is 2.56. The normalized spacial score (nSPS) is 23.1. The number of nitrogens with two attached hydrogens (primary N) is 1. The highest BCUT2D eigenvalue weighted by atomic mass is 19.4. The average Bonchev–Trinajstić information content (AvgIpc) is 2.78. The standard InChI is InChI=1S/C23H21F4N3O4/c1-22(23(25,26)27)9-12(11-3-4-14(24)18(7-11)33-2)13(10-34-22)16-8-17(31)19-15(30-16)5-6-29-20(19)21(28)32/h3-8,12-13H,9-10H2,1-2H3,(H2,28,32)(H,30,31)/t12-,13+,22+/m0/s1. The van der Waals surface area contributed by atoms with E-state index >= 15 is 0 Å². The largest absolute Gasteiger partial charge is 0.494 e. The molecule has 3 N–H and O–H groups in total. The zero-order chi connectivity index (χ0) is 24.8. The van der Waals surface area contributed by atoms with Gasteiger partial charge < -0.3 is 20.2 Å². The molecule has 0 unspecified atom stereocenters. The molecule has 34 heavy (non-hydrogen) atoms. The Bertz CT molecular complexity index is 1320. The molecule has 3 aromatic rings. The predicted octanol–water partition coefficient (Wildman–Crippen LogP) is 3.78. The first kappa shape index (κ1) is 23.7. The van der Waals surface area contributed by atoms with Crippen molar-refractivity contribution < 1.29 is 31.8 Å². The van der Waals surface area contributed by atoms with Crippen molar-refractivity contribution in [1.29, 1.82) is 0 Å². The summed E-state index contributed by atoms with van der Waals surface area (Å²) in [5, 5.41) is -0.0180. The number of alkyl halides is 3. The highest BCUT2D eigenvalue weighted by molar-refractivity contribution is 6.03. The Balaban J connectivity index is 1.86. The summed E-state index contributed by atoms with van der Waals surface area (Å²) in [4.78, 5) is 31.4. The molecule has 180 valence electrons. The number of rotatable bonds is 4. The second-order valence-electron chi connectivity index (χ2n) is 8.39. The van der Waals surface area contributed by atoms with Gasteiger partial charge in [0.25, 0.3) is 5.91 Å². The van der Waals surface area contributed by atoms with E-state index in [9.17, 15) is 27.2 Å². The Kier molecular flexibility index (Phi) is 5.84. The minimum atomic E-state index is -4.65. The summed E-state index contributed by atoms with van der Waals surface area (Å²) < 4.78 is 65.8. The molecule has 1 fully saturated rings. The number of primary amides is 1. The third-order valence-electron chi connectivity index (χ3n) is 6.28. The zero-order valence-electron chi connectivity index (χ0n) is 18.2. The number of H-pyrrole nitrogens is 1. The van der Waals surface area contributed by atoms with Gasteiger partial charge in [-0.3, -0.25) is 14.6 Å². The number of fused-ring (bicyclic) bond motifs is 1. The Morgan fingerprint density at radius 1 is 1.26 bits per heavy atom. The van der Waals surface area contributed by atoms with Gasteiger partial charge in [0.2, 0.25) is 0 Å².